The second-order valence-corrected chi connectivity index (χ2v) is 3.70. The van der Waals surface area contributed by atoms with Gasteiger partial charge >= 0.3 is 0 Å². The maximum Gasteiger partial charge on any atom is 0.247 e. The van der Waals surface area contributed by atoms with Gasteiger partial charge in [-0.3, -0.25) is 4.68 Å². The molecule has 3 rings (SSSR count). The van der Waals surface area contributed by atoms with Crippen molar-refractivity contribution >= 4 is 0 Å². The van der Waals surface area contributed by atoms with E-state index in [4.69, 9.17) is 4.42 Å². The molecule has 0 atom stereocenters. The summed E-state index contributed by atoms with van der Waals surface area (Å²) in [5.74, 6) is 1.42. The fourth-order valence-electron chi connectivity index (χ4n) is 1.77. The Balaban J connectivity index is 2.02. The number of aromatic nitrogens is 3. The minimum absolute atomic E-state index is 0.606. The summed E-state index contributed by atoms with van der Waals surface area (Å²) < 4.78 is 7.45. The molecule has 2 aromatic rings. The molecule has 0 bridgehead atoms. The molecule has 15 heavy (non-hydrogen) atoms. The summed E-state index contributed by atoms with van der Waals surface area (Å²) in [6.07, 6.45) is 1.71. The van der Waals surface area contributed by atoms with Crippen molar-refractivity contribution in [2.24, 2.45) is 0 Å². The van der Waals surface area contributed by atoms with Gasteiger partial charge in [-0.05, 0) is 13.0 Å². The zero-order valence-corrected chi connectivity index (χ0v) is 8.53. The minimum Gasteiger partial charge on any atom is -0.440 e. The number of aryl methyl sites for hydroxylation is 1. The summed E-state index contributed by atoms with van der Waals surface area (Å²) >= 11 is 0. The van der Waals surface area contributed by atoms with Gasteiger partial charge in [0.05, 0.1) is 18.4 Å². The van der Waals surface area contributed by atoms with Crippen LogP contribution in [0.4, 0.5) is 0 Å². The van der Waals surface area contributed by atoms with Gasteiger partial charge in [-0.2, -0.15) is 5.10 Å². The highest BCUT2D eigenvalue weighted by molar-refractivity contribution is 5.47. The van der Waals surface area contributed by atoms with Crippen LogP contribution in [-0.4, -0.2) is 21.3 Å². The molecule has 5 heteroatoms. The van der Waals surface area contributed by atoms with Crippen LogP contribution in [0.15, 0.2) is 16.7 Å². The molecular weight excluding hydrogens is 192 g/mol. The highest BCUT2D eigenvalue weighted by Gasteiger charge is 2.15. The van der Waals surface area contributed by atoms with Gasteiger partial charge in [0.25, 0.3) is 0 Å². The predicted octanol–water partition coefficient (Wildman–Crippen LogP) is 0.950. The average molecular weight is 204 g/mol. The van der Waals surface area contributed by atoms with E-state index in [1.165, 1.54) is 5.69 Å². The number of nitrogens with one attached hydrogen (secondary N) is 1. The van der Waals surface area contributed by atoms with Crippen molar-refractivity contribution in [3.05, 3.63) is 23.7 Å². The topological polar surface area (TPSA) is 55.9 Å². The number of hydrogen-bond acceptors (Lipinski definition) is 4. The molecule has 0 saturated heterocycles. The summed E-state index contributed by atoms with van der Waals surface area (Å²) in [7, 11) is 0. The van der Waals surface area contributed by atoms with Crippen molar-refractivity contribution in [1.29, 1.82) is 0 Å². The van der Waals surface area contributed by atoms with Crippen LogP contribution in [-0.2, 0) is 13.1 Å². The van der Waals surface area contributed by atoms with Crippen molar-refractivity contribution in [2.75, 3.05) is 6.54 Å². The first-order chi connectivity index (χ1) is 7.33. The lowest BCUT2D eigenvalue weighted by Crippen LogP contribution is -2.28. The molecule has 0 aromatic carbocycles. The van der Waals surface area contributed by atoms with Gasteiger partial charge in [-0.15, -0.1) is 0 Å². The van der Waals surface area contributed by atoms with E-state index in [1.54, 1.807) is 6.20 Å². The van der Waals surface area contributed by atoms with Gasteiger partial charge in [0.15, 0.2) is 0 Å². The Morgan fingerprint density at radius 3 is 3.20 bits per heavy atom. The van der Waals surface area contributed by atoms with Crippen LogP contribution in [0, 0.1) is 6.92 Å². The van der Waals surface area contributed by atoms with E-state index >= 15 is 0 Å². The standard InChI is InChI=1S/C10H12N4O/c1-7-5-12-10(15-7)9-4-8-6-11-2-3-14(8)13-9/h4-5,11H,2-3,6H2,1H3. The molecule has 0 saturated carbocycles. The van der Waals surface area contributed by atoms with Crippen molar-refractivity contribution in [1.82, 2.24) is 20.1 Å². The Morgan fingerprint density at radius 2 is 2.47 bits per heavy atom. The Morgan fingerprint density at radius 1 is 1.53 bits per heavy atom. The summed E-state index contributed by atoms with van der Waals surface area (Å²) in [6.45, 7) is 4.63. The van der Waals surface area contributed by atoms with Crippen molar-refractivity contribution in [3.8, 4) is 11.6 Å². The second kappa shape index (κ2) is 3.20. The van der Waals surface area contributed by atoms with Gasteiger partial charge in [0.2, 0.25) is 5.89 Å². The van der Waals surface area contributed by atoms with Gasteiger partial charge in [-0.25, -0.2) is 4.98 Å². The first-order valence-electron chi connectivity index (χ1n) is 5.03. The SMILES string of the molecule is Cc1cnc(-c2cc3n(n2)CCNC3)o1. The molecular formula is C10H12N4O. The number of rotatable bonds is 1. The number of oxazole rings is 1. The summed E-state index contributed by atoms with van der Waals surface area (Å²) in [4.78, 5) is 4.17. The van der Waals surface area contributed by atoms with E-state index in [1.807, 2.05) is 17.7 Å². The van der Waals surface area contributed by atoms with Crippen LogP contribution < -0.4 is 5.32 Å². The van der Waals surface area contributed by atoms with E-state index in [0.717, 1.165) is 31.1 Å². The Bertz CT molecular complexity index is 462. The molecule has 0 unspecified atom stereocenters. The van der Waals surface area contributed by atoms with Gasteiger partial charge in [-0.1, -0.05) is 0 Å². The first-order valence-corrected chi connectivity index (χ1v) is 5.03. The number of nitrogens with zero attached hydrogens (tertiary/aromatic N) is 3. The fraction of sp³-hybridized carbons (Fsp3) is 0.400. The van der Waals surface area contributed by atoms with Crippen LogP contribution in [0.1, 0.15) is 11.5 Å². The van der Waals surface area contributed by atoms with Crippen LogP contribution in [0.2, 0.25) is 0 Å². The molecule has 0 aliphatic carbocycles. The zero-order valence-electron chi connectivity index (χ0n) is 8.53. The molecule has 0 amide bonds. The summed E-state index contributed by atoms with van der Waals surface area (Å²) in [5, 5.41) is 7.75. The lowest BCUT2D eigenvalue weighted by Gasteiger charge is -2.13. The number of hydrogen-bond donors (Lipinski definition) is 1. The lowest BCUT2D eigenvalue weighted by atomic mass is 10.3. The summed E-state index contributed by atoms with van der Waals surface area (Å²) in [6, 6.07) is 2.03. The minimum atomic E-state index is 0.606. The van der Waals surface area contributed by atoms with E-state index < -0.39 is 0 Å². The maximum absolute atomic E-state index is 5.44. The fourth-order valence-corrected chi connectivity index (χ4v) is 1.77. The average Bonchev–Trinajstić information content (AvgIpc) is 2.82. The summed E-state index contributed by atoms with van der Waals surface area (Å²) in [5.41, 5.74) is 2.01. The lowest BCUT2D eigenvalue weighted by molar-refractivity contribution is 0.474. The molecule has 0 fully saturated rings. The largest absolute Gasteiger partial charge is 0.440 e. The molecule has 2 aromatic heterocycles. The van der Waals surface area contributed by atoms with Gasteiger partial charge in [0, 0.05) is 13.1 Å². The molecule has 5 nitrogen and oxygen atoms in total. The molecule has 1 N–H and O–H groups in total. The molecule has 0 radical (unpaired) electrons. The van der Waals surface area contributed by atoms with E-state index in [-0.39, 0.29) is 0 Å². The van der Waals surface area contributed by atoms with Crippen LogP contribution >= 0.6 is 0 Å². The highest BCUT2D eigenvalue weighted by atomic mass is 16.4. The van der Waals surface area contributed by atoms with Crippen LogP contribution in [0.3, 0.4) is 0 Å². The quantitative estimate of drug-likeness (QED) is 0.751. The van der Waals surface area contributed by atoms with Crippen LogP contribution in [0.5, 0.6) is 0 Å². The highest BCUT2D eigenvalue weighted by Crippen LogP contribution is 2.19. The second-order valence-electron chi connectivity index (χ2n) is 3.70. The van der Waals surface area contributed by atoms with Gasteiger partial charge in [0.1, 0.15) is 11.5 Å². The molecule has 1 aliphatic heterocycles. The Kier molecular flexibility index (Phi) is 1.85. The Labute approximate surface area is 87.1 Å². The molecule has 78 valence electrons. The molecule has 0 spiro atoms. The monoisotopic (exact) mass is 204 g/mol. The van der Waals surface area contributed by atoms with E-state index in [0.29, 0.717) is 5.89 Å². The molecule has 3 heterocycles. The predicted molar refractivity (Wildman–Crippen MR) is 54.2 cm³/mol. The van der Waals surface area contributed by atoms with Crippen molar-refractivity contribution < 1.29 is 4.42 Å². The van der Waals surface area contributed by atoms with Crippen molar-refractivity contribution in [3.63, 3.8) is 0 Å². The van der Waals surface area contributed by atoms with Crippen LogP contribution in [0.25, 0.3) is 11.6 Å². The maximum atomic E-state index is 5.44. The smallest absolute Gasteiger partial charge is 0.247 e. The van der Waals surface area contributed by atoms with E-state index in [9.17, 15) is 0 Å². The third-order valence-corrected chi connectivity index (χ3v) is 2.51. The van der Waals surface area contributed by atoms with E-state index in [2.05, 4.69) is 15.4 Å². The third-order valence-electron chi connectivity index (χ3n) is 2.51. The normalized spacial score (nSPS) is 15.3. The van der Waals surface area contributed by atoms with Gasteiger partial charge < -0.3 is 9.73 Å². The third kappa shape index (κ3) is 1.45. The molecule has 1 aliphatic rings. The zero-order chi connectivity index (χ0) is 10.3. The van der Waals surface area contributed by atoms with Crippen molar-refractivity contribution in [2.45, 2.75) is 20.0 Å². The number of fused-ring (bicyclic) bond motifs is 1. The first kappa shape index (κ1) is 8.67. The Hall–Kier alpha value is -1.62.